The minimum Gasteiger partial charge on any atom is -0.478 e. The molecule has 14 heteroatoms. The van der Waals surface area contributed by atoms with Gasteiger partial charge in [-0.1, -0.05) is 47.8 Å². The van der Waals surface area contributed by atoms with E-state index in [0.717, 1.165) is 8.95 Å². The van der Waals surface area contributed by atoms with Crippen LogP contribution in [-0.2, 0) is 0 Å². The maximum absolute atomic E-state index is 11.2. The molecule has 0 spiro atoms. The second-order valence-corrected chi connectivity index (χ2v) is 9.27. The number of nitrogens with one attached hydrogen (secondary N) is 1. The third-order valence-electron chi connectivity index (χ3n) is 4.13. The van der Waals surface area contributed by atoms with Crippen molar-refractivity contribution in [2.45, 2.75) is 0 Å². The summed E-state index contributed by atoms with van der Waals surface area (Å²) in [6.07, 6.45) is 1.40. The Kier molecular flexibility index (Phi) is 13.0. The van der Waals surface area contributed by atoms with Gasteiger partial charge in [-0.2, -0.15) is 0 Å². The standard InChI is InChI=1S/C8H5BrN2O.C7H7BrN2O.C7H6BrNO2.B2/c9-5-1-2-7-6(3-5)8(12)11-4-10-7;2*8-4-1-2-6(9)5(3-4)7(10)11;1-2/h1-4H,(H,10,11,12);1-3H,9H2,(H2,10,11);1-3H,9H2,(H,10,11);. The van der Waals surface area contributed by atoms with Gasteiger partial charge in [0.15, 0.2) is 0 Å². The molecule has 182 valence electrons. The summed E-state index contributed by atoms with van der Waals surface area (Å²) >= 11 is 9.63. The Bertz CT molecular complexity index is 1360. The van der Waals surface area contributed by atoms with Gasteiger partial charge < -0.3 is 27.3 Å². The van der Waals surface area contributed by atoms with Crippen molar-refractivity contribution in [2.24, 2.45) is 5.73 Å². The number of nitrogens with two attached hydrogens (primary N) is 3. The topological polar surface area (TPSA) is 178 Å². The van der Waals surface area contributed by atoms with Crippen molar-refractivity contribution in [3.05, 3.63) is 95.8 Å². The number of aromatic carboxylic acids is 1. The van der Waals surface area contributed by atoms with Crippen LogP contribution < -0.4 is 22.8 Å². The first-order chi connectivity index (χ1) is 17.0. The molecule has 0 aliphatic rings. The van der Waals surface area contributed by atoms with Crippen molar-refractivity contribution < 1.29 is 14.7 Å². The molecule has 4 radical (unpaired) electrons. The molecule has 9 nitrogen and oxygen atoms in total. The molecule has 0 aliphatic carbocycles. The van der Waals surface area contributed by atoms with Gasteiger partial charge in [0, 0.05) is 40.3 Å². The van der Waals surface area contributed by atoms with Crippen LogP contribution in [-0.4, -0.2) is 42.4 Å². The average molecular weight is 678 g/mol. The van der Waals surface area contributed by atoms with Crippen molar-refractivity contribution in [2.75, 3.05) is 11.5 Å². The van der Waals surface area contributed by atoms with E-state index in [1.54, 1.807) is 42.5 Å². The lowest BCUT2D eigenvalue weighted by molar-refractivity contribution is 0.0697. The number of carbonyl (C=O) groups excluding carboxylic acids is 1. The first-order valence-electron chi connectivity index (χ1n) is 9.59. The smallest absolute Gasteiger partial charge is 0.337 e. The molecule has 8 N–H and O–H groups in total. The highest BCUT2D eigenvalue weighted by Crippen LogP contribution is 2.18. The molecule has 0 saturated heterocycles. The predicted molar refractivity (Wildman–Crippen MR) is 154 cm³/mol. The summed E-state index contributed by atoms with van der Waals surface area (Å²) in [7, 11) is 8.00. The molecule has 0 fully saturated rings. The summed E-state index contributed by atoms with van der Waals surface area (Å²) in [5.41, 5.74) is 17.7. The van der Waals surface area contributed by atoms with E-state index in [4.69, 9.17) is 22.3 Å². The Balaban J connectivity index is 0.000000261. The number of carboxylic acid groups (broad SMARTS) is 1. The highest BCUT2D eigenvalue weighted by molar-refractivity contribution is 9.11. The minimum absolute atomic E-state index is 0.110. The molecule has 0 atom stereocenters. The molecular formula is C22H18B2Br3N5O4. The maximum Gasteiger partial charge on any atom is 0.337 e. The van der Waals surface area contributed by atoms with Gasteiger partial charge in [-0.3, -0.25) is 9.59 Å². The lowest BCUT2D eigenvalue weighted by Gasteiger charge is -2.00. The molecule has 1 amide bonds. The zero-order valence-corrected chi connectivity index (χ0v) is 23.2. The fourth-order valence-electron chi connectivity index (χ4n) is 2.50. The van der Waals surface area contributed by atoms with Crippen LogP contribution in [0.1, 0.15) is 20.7 Å². The highest BCUT2D eigenvalue weighted by Gasteiger charge is 2.07. The largest absolute Gasteiger partial charge is 0.478 e. The van der Waals surface area contributed by atoms with Crippen molar-refractivity contribution in [3.8, 4) is 0 Å². The number of hydrogen-bond donors (Lipinski definition) is 5. The molecule has 1 aromatic heterocycles. The minimum atomic E-state index is -1.01. The number of benzene rings is 3. The number of aromatic nitrogens is 2. The summed E-state index contributed by atoms with van der Waals surface area (Å²) in [6, 6.07) is 15.1. The molecular weight excluding hydrogens is 660 g/mol. The normalized spacial score (nSPS) is 9.42. The van der Waals surface area contributed by atoms with E-state index in [2.05, 4.69) is 73.2 Å². The predicted octanol–water partition coefficient (Wildman–Crippen LogP) is 3.78. The molecule has 4 rings (SSSR count). The average Bonchev–Trinajstić information content (AvgIpc) is 2.84. The van der Waals surface area contributed by atoms with E-state index in [-0.39, 0.29) is 16.8 Å². The van der Waals surface area contributed by atoms with E-state index in [0.29, 0.717) is 26.6 Å². The first kappa shape index (κ1) is 30.9. The van der Waals surface area contributed by atoms with Crippen molar-refractivity contribution in [1.29, 1.82) is 0 Å². The summed E-state index contributed by atoms with van der Waals surface area (Å²) in [5, 5.41) is 9.19. The number of halogens is 3. The quantitative estimate of drug-likeness (QED) is 0.158. The van der Waals surface area contributed by atoms with E-state index >= 15 is 0 Å². The Morgan fingerprint density at radius 3 is 1.78 bits per heavy atom. The van der Waals surface area contributed by atoms with E-state index in [1.165, 1.54) is 12.4 Å². The Morgan fingerprint density at radius 2 is 1.31 bits per heavy atom. The van der Waals surface area contributed by atoms with E-state index in [1.807, 2.05) is 6.07 Å². The van der Waals surface area contributed by atoms with Crippen LogP contribution in [0.3, 0.4) is 0 Å². The number of aromatic amines is 1. The summed E-state index contributed by atoms with van der Waals surface area (Å²) in [6.45, 7) is 0. The Hall–Kier alpha value is -3.09. The lowest BCUT2D eigenvalue weighted by atomic mass is 9.81. The highest BCUT2D eigenvalue weighted by atomic mass is 79.9. The van der Waals surface area contributed by atoms with Gasteiger partial charge >= 0.3 is 5.97 Å². The first-order valence-corrected chi connectivity index (χ1v) is 12.0. The number of carboxylic acids is 1. The molecule has 4 aromatic rings. The van der Waals surface area contributed by atoms with Crippen molar-refractivity contribution in [1.82, 2.24) is 9.97 Å². The number of fused-ring (bicyclic) bond motifs is 1. The number of hydrogen-bond acceptors (Lipinski definition) is 6. The van der Waals surface area contributed by atoms with Gasteiger partial charge in [-0.15, -0.1) is 0 Å². The van der Waals surface area contributed by atoms with Crippen LogP contribution in [0, 0.1) is 0 Å². The molecule has 0 unspecified atom stereocenters. The van der Waals surface area contributed by atoms with E-state index in [9.17, 15) is 14.4 Å². The van der Waals surface area contributed by atoms with Crippen LogP contribution in [0.2, 0.25) is 0 Å². The van der Waals surface area contributed by atoms with E-state index < -0.39 is 11.9 Å². The van der Waals surface area contributed by atoms with Crippen molar-refractivity contribution in [3.63, 3.8) is 0 Å². The zero-order chi connectivity index (χ0) is 27.4. The number of nitrogen functional groups attached to an aromatic ring is 2. The molecule has 1 heterocycles. The fraction of sp³-hybridized carbons (Fsp3) is 0. The molecule has 3 aromatic carbocycles. The second kappa shape index (κ2) is 15.1. The number of rotatable bonds is 2. The molecule has 0 bridgehead atoms. The Morgan fingerprint density at radius 1 is 0.833 bits per heavy atom. The number of primary amides is 1. The monoisotopic (exact) mass is 675 g/mol. The van der Waals surface area contributed by atoms with Gasteiger partial charge in [0.1, 0.15) is 0 Å². The number of H-pyrrole nitrogens is 1. The number of anilines is 2. The summed E-state index contributed by atoms with van der Waals surface area (Å²) < 4.78 is 2.39. The summed E-state index contributed by atoms with van der Waals surface area (Å²) in [4.78, 5) is 38.9. The number of amides is 1. The maximum atomic E-state index is 11.2. The Labute approximate surface area is 234 Å². The molecule has 36 heavy (non-hydrogen) atoms. The number of carbonyl (C=O) groups is 2. The number of nitrogens with zero attached hydrogens (tertiary/aromatic N) is 1. The third-order valence-corrected chi connectivity index (χ3v) is 5.61. The van der Waals surface area contributed by atoms with Crippen LogP contribution in [0.5, 0.6) is 0 Å². The zero-order valence-electron chi connectivity index (χ0n) is 18.4. The van der Waals surface area contributed by atoms with Gasteiger partial charge in [-0.05, 0) is 54.6 Å². The SMILES string of the molecule is NC(=O)c1cc(Br)ccc1N.Nc1ccc(Br)cc1C(=O)O.O=c1[nH]cnc2ccc(Br)cc12.[B][B]. The lowest BCUT2D eigenvalue weighted by Crippen LogP contribution is -2.13. The fourth-order valence-corrected chi connectivity index (χ4v) is 3.58. The van der Waals surface area contributed by atoms with Crippen LogP contribution in [0.4, 0.5) is 11.4 Å². The van der Waals surface area contributed by atoms with Gasteiger partial charge in [0.2, 0.25) is 0 Å². The summed E-state index contributed by atoms with van der Waals surface area (Å²) in [5.74, 6) is -1.52. The van der Waals surface area contributed by atoms with Crippen molar-refractivity contribution >= 4 is 97.4 Å². The second-order valence-electron chi connectivity index (χ2n) is 6.53. The van der Waals surface area contributed by atoms with Gasteiger partial charge in [0.05, 0.1) is 28.4 Å². The van der Waals surface area contributed by atoms with Crippen LogP contribution in [0.15, 0.2) is 79.1 Å². The third kappa shape index (κ3) is 9.51. The van der Waals surface area contributed by atoms with Gasteiger partial charge in [0.25, 0.3) is 11.5 Å². The van der Waals surface area contributed by atoms with Gasteiger partial charge in [-0.25, -0.2) is 9.78 Å². The molecule has 0 saturated carbocycles. The molecule has 0 aliphatic heterocycles. The van der Waals surface area contributed by atoms with Crippen LogP contribution >= 0.6 is 47.8 Å². The van der Waals surface area contributed by atoms with Crippen LogP contribution in [0.25, 0.3) is 10.9 Å².